The molecule has 2 fully saturated rings. The van der Waals surface area contributed by atoms with Crippen LogP contribution in [0.25, 0.3) is 6.08 Å². The van der Waals surface area contributed by atoms with Crippen molar-refractivity contribution in [3.05, 3.63) is 53.0 Å². The highest BCUT2D eigenvalue weighted by molar-refractivity contribution is 5.91. The molecule has 1 aliphatic carbocycles. The Kier molecular flexibility index (Phi) is 5.48. The van der Waals surface area contributed by atoms with Gasteiger partial charge in [0.15, 0.2) is 0 Å². The number of rotatable bonds is 6. The van der Waals surface area contributed by atoms with Crippen molar-refractivity contribution in [1.82, 2.24) is 14.9 Å². The summed E-state index contributed by atoms with van der Waals surface area (Å²) < 4.78 is 7.76. The molecule has 3 heterocycles. The van der Waals surface area contributed by atoms with E-state index in [1.807, 2.05) is 24.4 Å². The van der Waals surface area contributed by atoms with Gasteiger partial charge in [-0.15, -0.1) is 0 Å². The van der Waals surface area contributed by atoms with E-state index in [9.17, 15) is 4.79 Å². The van der Waals surface area contributed by atoms with E-state index in [-0.39, 0.29) is 5.91 Å². The monoisotopic (exact) mass is 380 g/mol. The summed E-state index contributed by atoms with van der Waals surface area (Å²) in [5.74, 6) is 0.873. The summed E-state index contributed by atoms with van der Waals surface area (Å²) in [6.07, 6.45) is 7.89. The number of pyridine rings is 1. The molecular weight excluding hydrogens is 352 g/mol. The van der Waals surface area contributed by atoms with Crippen LogP contribution >= 0.6 is 0 Å². The molecule has 0 spiro atoms. The number of aromatic nitrogens is 2. The number of morpholine rings is 1. The highest BCUT2D eigenvalue weighted by Gasteiger charge is 2.26. The van der Waals surface area contributed by atoms with Gasteiger partial charge in [0.25, 0.3) is 0 Å². The van der Waals surface area contributed by atoms with Gasteiger partial charge < -0.3 is 19.5 Å². The van der Waals surface area contributed by atoms with Gasteiger partial charge in [-0.25, -0.2) is 4.98 Å². The standard InChI is InChI=1S/C22H28N4O2/c1-16-13-19(17(2)26(16)20-5-6-20)4-8-22(27)24-15-18-3-7-21(23-14-18)25-9-11-28-12-10-25/h3-4,7-8,13-14,20H,5-6,9-12,15H2,1-2H3,(H,24,27)/b8-4+. The number of hydrogen-bond donors (Lipinski definition) is 1. The first-order chi connectivity index (χ1) is 13.6. The van der Waals surface area contributed by atoms with Crippen molar-refractivity contribution in [3.8, 4) is 0 Å². The molecule has 4 rings (SSSR count). The molecule has 2 aromatic heterocycles. The van der Waals surface area contributed by atoms with Gasteiger partial charge in [-0.3, -0.25) is 4.79 Å². The molecule has 0 bridgehead atoms. The second kappa shape index (κ2) is 8.19. The molecule has 6 nitrogen and oxygen atoms in total. The van der Waals surface area contributed by atoms with Crippen LogP contribution < -0.4 is 10.2 Å². The average Bonchev–Trinajstić information content (AvgIpc) is 3.51. The highest BCUT2D eigenvalue weighted by atomic mass is 16.5. The molecule has 28 heavy (non-hydrogen) atoms. The third-order valence-corrected chi connectivity index (χ3v) is 5.46. The molecule has 0 radical (unpaired) electrons. The lowest BCUT2D eigenvalue weighted by Crippen LogP contribution is -2.36. The zero-order valence-corrected chi connectivity index (χ0v) is 16.6. The second-order valence-electron chi connectivity index (χ2n) is 7.60. The van der Waals surface area contributed by atoms with E-state index >= 15 is 0 Å². The minimum atomic E-state index is -0.0894. The molecule has 2 aromatic rings. The summed E-state index contributed by atoms with van der Waals surface area (Å²) in [5, 5.41) is 2.94. The number of ether oxygens (including phenoxy) is 1. The maximum Gasteiger partial charge on any atom is 0.244 e. The fourth-order valence-corrected chi connectivity index (χ4v) is 3.78. The van der Waals surface area contributed by atoms with Crippen LogP contribution in [0, 0.1) is 13.8 Å². The SMILES string of the molecule is Cc1cc(/C=C/C(=O)NCc2ccc(N3CCOCC3)nc2)c(C)n1C1CC1. The van der Waals surface area contributed by atoms with Crippen LogP contribution in [0.1, 0.15) is 41.4 Å². The van der Waals surface area contributed by atoms with Gasteiger partial charge in [0.1, 0.15) is 5.82 Å². The van der Waals surface area contributed by atoms with Gasteiger partial charge in [-0.1, -0.05) is 6.07 Å². The van der Waals surface area contributed by atoms with E-state index in [1.54, 1.807) is 6.08 Å². The molecule has 1 N–H and O–H groups in total. The Morgan fingerprint density at radius 1 is 1.29 bits per heavy atom. The second-order valence-corrected chi connectivity index (χ2v) is 7.60. The Morgan fingerprint density at radius 2 is 2.07 bits per heavy atom. The zero-order valence-electron chi connectivity index (χ0n) is 16.6. The first kappa shape index (κ1) is 18.7. The van der Waals surface area contributed by atoms with Gasteiger partial charge in [0.05, 0.1) is 13.2 Å². The van der Waals surface area contributed by atoms with E-state index < -0.39 is 0 Å². The highest BCUT2D eigenvalue weighted by Crippen LogP contribution is 2.38. The molecule has 0 unspecified atom stereocenters. The van der Waals surface area contributed by atoms with E-state index in [2.05, 4.69) is 39.7 Å². The van der Waals surface area contributed by atoms with Crippen LogP contribution in [-0.2, 0) is 16.1 Å². The summed E-state index contributed by atoms with van der Waals surface area (Å²) in [6, 6.07) is 6.84. The van der Waals surface area contributed by atoms with Gasteiger partial charge in [-0.05, 0) is 56.0 Å². The Morgan fingerprint density at radius 3 is 2.75 bits per heavy atom. The quantitative estimate of drug-likeness (QED) is 0.783. The molecule has 1 amide bonds. The molecule has 0 atom stereocenters. The molecule has 0 aromatic carbocycles. The number of anilines is 1. The van der Waals surface area contributed by atoms with Gasteiger partial charge in [0, 0.05) is 49.3 Å². The number of aryl methyl sites for hydroxylation is 1. The maximum atomic E-state index is 12.2. The van der Waals surface area contributed by atoms with Crippen molar-refractivity contribution in [3.63, 3.8) is 0 Å². The van der Waals surface area contributed by atoms with Crippen molar-refractivity contribution in [2.45, 2.75) is 39.3 Å². The van der Waals surface area contributed by atoms with Crippen LogP contribution in [0.4, 0.5) is 5.82 Å². The molecule has 148 valence electrons. The number of hydrogen-bond acceptors (Lipinski definition) is 4. The number of nitrogens with one attached hydrogen (secondary N) is 1. The Bertz CT molecular complexity index is 859. The van der Waals surface area contributed by atoms with Gasteiger partial charge >= 0.3 is 0 Å². The molecule has 6 heteroatoms. The molecular formula is C22H28N4O2. The number of carbonyl (C=O) groups is 1. The number of carbonyl (C=O) groups excluding carboxylic acids is 1. The minimum Gasteiger partial charge on any atom is -0.378 e. The van der Waals surface area contributed by atoms with Crippen molar-refractivity contribution < 1.29 is 9.53 Å². The van der Waals surface area contributed by atoms with Crippen molar-refractivity contribution in [2.75, 3.05) is 31.2 Å². The molecule has 2 aliphatic rings. The Hall–Kier alpha value is -2.60. The summed E-state index contributed by atoms with van der Waals surface area (Å²) in [7, 11) is 0. The summed E-state index contributed by atoms with van der Waals surface area (Å²) >= 11 is 0. The van der Waals surface area contributed by atoms with Crippen LogP contribution in [0.3, 0.4) is 0 Å². The van der Waals surface area contributed by atoms with Crippen molar-refractivity contribution in [2.24, 2.45) is 0 Å². The van der Waals surface area contributed by atoms with E-state index in [4.69, 9.17) is 4.74 Å². The molecule has 1 saturated heterocycles. The smallest absolute Gasteiger partial charge is 0.244 e. The maximum absolute atomic E-state index is 12.2. The lowest BCUT2D eigenvalue weighted by atomic mass is 10.2. The van der Waals surface area contributed by atoms with Crippen LogP contribution in [0.15, 0.2) is 30.5 Å². The van der Waals surface area contributed by atoms with Crippen LogP contribution in [-0.4, -0.2) is 41.8 Å². The van der Waals surface area contributed by atoms with Crippen molar-refractivity contribution >= 4 is 17.8 Å². The zero-order chi connectivity index (χ0) is 19.5. The van der Waals surface area contributed by atoms with Gasteiger partial charge in [0.2, 0.25) is 5.91 Å². The normalized spacial score (nSPS) is 17.3. The summed E-state index contributed by atoms with van der Waals surface area (Å²) in [4.78, 5) is 18.9. The fourth-order valence-electron chi connectivity index (χ4n) is 3.78. The minimum absolute atomic E-state index is 0.0894. The lowest BCUT2D eigenvalue weighted by Gasteiger charge is -2.27. The Labute approximate surface area is 166 Å². The first-order valence-electron chi connectivity index (χ1n) is 10.0. The third kappa shape index (κ3) is 4.28. The predicted molar refractivity (Wildman–Crippen MR) is 110 cm³/mol. The number of nitrogens with zero attached hydrogens (tertiary/aromatic N) is 3. The lowest BCUT2D eigenvalue weighted by molar-refractivity contribution is -0.116. The third-order valence-electron chi connectivity index (χ3n) is 5.46. The Balaban J connectivity index is 1.30. The summed E-state index contributed by atoms with van der Waals surface area (Å²) in [5.41, 5.74) is 4.63. The molecule has 1 aliphatic heterocycles. The predicted octanol–water partition coefficient (Wildman–Crippen LogP) is 3.00. The van der Waals surface area contributed by atoms with E-state index in [0.717, 1.165) is 43.2 Å². The average molecular weight is 380 g/mol. The largest absolute Gasteiger partial charge is 0.378 e. The molecule has 1 saturated carbocycles. The van der Waals surface area contributed by atoms with E-state index in [1.165, 1.54) is 24.2 Å². The number of amides is 1. The first-order valence-corrected chi connectivity index (χ1v) is 10.0. The van der Waals surface area contributed by atoms with Gasteiger partial charge in [-0.2, -0.15) is 0 Å². The van der Waals surface area contributed by atoms with E-state index in [0.29, 0.717) is 12.6 Å². The fraction of sp³-hybridized carbons (Fsp3) is 0.455. The summed E-state index contributed by atoms with van der Waals surface area (Å²) in [6.45, 7) is 7.97. The van der Waals surface area contributed by atoms with Crippen LogP contribution in [0.5, 0.6) is 0 Å². The van der Waals surface area contributed by atoms with Crippen molar-refractivity contribution in [1.29, 1.82) is 0 Å². The topological polar surface area (TPSA) is 59.4 Å². The van der Waals surface area contributed by atoms with Crippen LogP contribution in [0.2, 0.25) is 0 Å².